The lowest BCUT2D eigenvalue weighted by atomic mass is 10.0. The number of hydrogen-bond acceptors (Lipinski definition) is 3. The third-order valence-electron chi connectivity index (χ3n) is 3.82. The van der Waals surface area contributed by atoms with E-state index in [4.69, 9.17) is 0 Å². The predicted octanol–water partition coefficient (Wildman–Crippen LogP) is 3.57. The van der Waals surface area contributed by atoms with Crippen LogP contribution in [0.2, 0.25) is 0 Å². The van der Waals surface area contributed by atoms with Crippen LogP contribution in [0.5, 0.6) is 0 Å². The van der Waals surface area contributed by atoms with Crippen molar-refractivity contribution in [3.05, 3.63) is 59.2 Å². The van der Waals surface area contributed by atoms with Crippen molar-refractivity contribution in [2.24, 2.45) is 0 Å². The van der Waals surface area contributed by atoms with Crippen molar-refractivity contribution in [3.8, 4) is 0 Å². The number of rotatable bonds is 3. The Morgan fingerprint density at radius 1 is 1.04 bits per heavy atom. The van der Waals surface area contributed by atoms with Gasteiger partial charge in [-0.1, -0.05) is 12.1 Å². The van der Waals surface area contributed by atoms with Crippen molar-refractivity contribution in [2.75, 3.05) is 11.3 Å². The number of hydrogen-bond donors (Lipinski definition) is 2. The van der Waals surface area contributed by atoms with Crippen molar-refractivity contribution in [1.82, 2.24) is 5.32 Å². The standard InChI is InChI=1S/C16H15F3N2O2S.ClH/c17-16(18,19)13-2-1-3-14(9-13)21-24(22,23)15-5-4-11-6-7-20-10-12(11)8-15;/h1-5,8-9,20-21H,6-7,10H2;1H. The summed E-state index contributed by atoms with van der Waals surface area (Å²) in [6.07, 6.45) is -3.71. The monoisotopic (exact) mass is 392 g/mol. The molecule has 4 nitrogen and oxygen atoms in total. The van der Waals surface area contributed by atoms with Crippen molar-refractivity contribution in [1.29, 1.82) is 0 Å². The molecule has 0 bridgehead atoms. The summed E-state index contributed by atoms with van der Waals surface area (Å²) in [5.41, 5.74) is 0.929. The summed E-state index contributed by atoms with van der Waals surface area (Å²) in [7, 11) is -3.95. The van der Waals surface area contributed by atoms with E-state index in [1.165, 1.54) is 12.1 Å². The maximum atomic E-state index is 12.7. The van der Waals surface area contributed by atoms with Gasteiger partial charge in [-0.15, -0.1) is 12.4 Å². The molecule has 0 saturated heterocycles. The highest BCUT2D eigenvalue weighted by molar-refractivity contribution is 7.92. The summed E-state index contributed by atoms with van der Waals surface area (Å²) in [4.78, 5) is 0.0300. The number of sulfonamides is 1. The van der Waals surface area contributed by atoms with Crippen LogP contribution in [0.25, 0.3) is 0 Å². The molecule has 0 aromatic heterocycles. The van der Waals surface area contributed by atoms with Gasteiger partial charge in [-0.05, 0) is 54.4 Å². The zero-order valence-electron chi connectivity index (χ0n) is 12.9. The lowest BCUT2D eigenvalue weighted by molar-refractivity contribution is -0.137. The van der Waals surface area contributed by atoms with Gasteiger partial charge in [0.25, 0.3) is 10.0 Å². The predicted molar refractivity (Wildman–Crippen MR) is 91.4 cm³/mol. The Bertz CT molecular complexity index is 870. The van der Waals surface area contributed by atoms with E-state index in [1.54, 1.807) is 12.1 Å². The quantitative estimate of drug-likeness (QED) is 0.839. The minimum atomic E-state index is -4.53. The maximum Gasteiger partial charge on any atom is 0.416 e. The van der Waals surface area contributed by atoms with E-state index in [-0.39, 0.29) is 23.0 Å². The van der Waals surface area contributed by atoms with Crippen LogP contribution in [0.4, 0.5) is 18.9 Å². The summed E-state index contributed by atoms with van der Waals surface area (Å²) in [6, 6.07) is 8.89. The Hall–Kier alpha value is -1.77. The van der Waals surface area contributed by atoms with Gasteiger partial charge in [0.2, 0.25) is 0 Å². The SMILES string of the molecule is Cl.O=S(=O)(Nc1cccc(C(F)(F)F)c1)c1ccc2c(c1)CNCC2. The van der Waals surface area contributed by atoms with E-state index >= 15 is 0 Å². The molecule has 9 heteroatoms. The summed E-state index contributed by atoms with van der Waals surface area (Å²) in [6.45, 7) is 1.41. The van der Waals surface area contributed by atoms with Gasteiger partial charge >= 0.3 is 6.18 Å². The molecular weight excluding hydrogens is 377 g/mol. The molecule has 0 radical (unpaired) electrons. The smallest absolute Gasteiger partial charge is 0.312 e. The second-order valence-electron chi connectivity index (χ2n) is 5.54. The van der Waals surface area contributed by atoms with Crippen molar-refractivity contribution in [2.45, 2.75) is 24.0 Å². The summed E-state index contributed by atoms with van der Waals surface area (Å²) in [5, 5.41) is 3.15. The number of nitrogens with one attached hydrogen (secondary N) is 2. The maximum absolute atomic E-state index is 12.7. The normalized spacial score (nSPS) is 14.4. The molecule has 0 atom stereocenters. The number of benzene rings is 2. The summed E-state index contributed by atoms with van der Waals surface area (Å²) in [5.74, 6) is 0. The molecule has 2 N–H and O–H groups in total. The first-order valence-corrected chi connectivity index (χ1v) is 8.77. The van der Waals surface area contributed by atoms with Crippen LogP contribution in [-0.4, -0.2) is 15.0 Å². The Kier molecular flexibility index (Phi) is 5.65. The lowest BCUT2D eigenvalue weighted by Gasteiger charge is -2.18. The zero-order valence-corrected chi connectivity index (χ0v) is 14.6. The lowest BCUT2D eigenvalue weighted by Crippen LogP contribution is -2.24. The average molecular weight is 393 g/mol. The van der Waals surface area contributed by atoms with Crippen LogP contribution in [0.3, 0.4) is 0 Å². The molecule has 1 heterocycles. The van der Waals surface area contributed by atoms with Crippen LogP contribution in [0.15, 0.2) is 47.4 Å². The fraction of sp³-hybridized carbons (Fsp3) is 0.250. The fourth-order valence-electron chi connectivity index (χ4n) is 2.60. The van der Waals surface area contributed by atoms with Crippen molar-refractivity contribution < 1.29 is 21.6 Å². The fourth-order valence-corrected chi connectivity index (χ4v) is 3.70. The van der Waals surface area contributed by atoms with Crippen LogP contribution < -0.4 is 10.0 Å². The highest BCUT2D eigenvalue weighted by Gasteiger charge is 2.30. The first-order chi connectivity index (χ1) is 11.3. The molecule has 0 fully saturated rings. The van der Waals surface area contributed by atoms with E-state index in [2.05, 4.69) is 10.0 Å². The average Bonchev–Trinajstić information content (AvgIpc) is 2.53. The molecule has 1 aliphatic rings. The molecule has 25 heavy (non-hydrogen) atoms. The molecule has 136 valence electrons. The molecule has 0 aliphatic carbocycles. The van der Waals surface area contributed by atoms with Crippen LogP contribution in [0, 0.1) is 0 Å². The molecule has 3 rings (SSSR count). The molecule has 2 aromatic rings. The zero-order chi connectivity index (χ0) is 17.4. The molecule has 0 amide bonds. The van der Waals surface area contributed by atoms with E-state index in [1.807, 2.05) is 0 Å². The number of alkyl halides is 3. The van der Waals surface area contributed by atoms with Crippen molar-refractivity contribution in [3.63, 3.8) is 0 Å². The van der Waals surface area contributed by atoms with Crippen molar-refractivity contribution >= 4 is 28.1 Å². The summed E-state index contributed by atoms with van der Waals surface area (Å²) >= 11 is 0. The Labute approximate surface area is 149 Å². The molecule has 2 aromatic carbocycles. The van der Waals surface area contributed by atoms with Gasteiger partial charge in [0.15, 0.2) is 0 Å². The molecular formula is C16H16ClF3N2O2S. The Morgan fingerprint density at radius 2 is 1.80 bits per heavy atom. The first kappa shape index (κ1) is 19.6. The highest BCUT2D eigenvalue weighted by Crippen LogP contribution is 2.31. The van der Waals surface area contributed by atoms with Gasteiger partial charge < -0.3 is 5.32 Å². The van der Waals surface area contributed by atoms with E-state index in [0.717, 1.165) is 42.3 Å². The van der Waals surface area contributed by atoms with Crippen LogP contribution >= 0.6 is 12.4 Å². The third-order valence-corrected chi connectivity index (χ3v) is 5.20. The molecule has 1 aliphatic heterocycles. The van der Waals surface area contributed by atoms with Gasteiger partial charge in [0.05, 0.1) is 10.5 Å². The third kappa shape index (κ3) is 4.45. The molecule has 0 spiro atoms. The highest BCUT2D eigenvalue weighted by atomic mass is 35.5. The second kappa shape index (κ2) is 7.23. The van der Waals surface area contributed by atoms with E-state index < -0.39 is 21.8 Å². The van der Waals surface area contributed by atoms with Crippen LogP contribution in [0.1, 0.15) is 16.7 Å². The van der Waals surface area contributed by atoms with Gasteiger partial charge in [0, 0.05) is 12.2 Å². The largest absolute Gasteiger partial charge is 0.416 e. The number of anilines is 1. The Balaban J connectivity index is 0.00000225. The molecule has 0 saturated carbocycles. The number of fused-ring (bicyclic) bond motifs is 1. The second-order valence-corrected chi connectivity index (χ2v) is 7.22. The van der Waals surface area contributed by atoms with Gasteiger partial charge in [-0.3, -0.25) is 4.72 Å². The van der Waals surface area contributed by atoms with Gasteiger partial charge in [-0.25, -0.2) is 8.42 Å². The topological polar surface area (TPSA) is 58.2 Å². The van der Waals surface area contributed by atoms with Gasteiger partial charge in [0.1, 0.15) is 0 Å². The number of halogens is 4. The minimum absolute atomic E-state index is 0. The van der Waals surface area contributed by atoms with Gasteiger partial charge in [-0.2, -0.15) is 13.2 Å². The minimum Gasteiger partial charge on any atom is -0.312 e. The summed E-state index contributed by atoms with van der Waals surface area (Å²) < 4.78 is 65.3. The first-order valence-electron chi connectivity index (χ1n) is 7.28. The Morgan fingerprint density at radius 3 is 2.52 bits per heavy atom. The van der Waals surface area contributed by atoms with Crippen LogP contribution in [-0.2, 0) is 29.2 Å². The molecule has 0 unspecified atom stereocenters. The van der Waals surface area contributed by atoms with E-state index in [0.29, 0.717) is 6.54 Å². The van der Waals surface area contributed by atoms with E-state index in [9.17, 15) is 21.6 Å².